The highest BCUT2D eigenvalue weighted by atomic mass is 32.7. The van der Waals surface area contributed by atoms with E-state index in [0.29, 0.717) is 0 Å². The van der Waals surface area contributed by atoms with Gasteiger partial charge in [-0.3, -0.25) is 9.05 Å². The van der Waals surface area contributed by atoms with E-state index in [1.54, 1.807) is 12.1 Å². The Morgan fingerprint density at radius 3 is 2.00 bits per heavy atom. The van der Waals surface area contributed by atoms with E-state index in [0.717, 1.165) is 5.56 Å². The number of rotatable bonds is 8. The molecule has 0 fully saturated rings. The van der Waals surface area contributed by atoms with Crippen LogP contribution in [-0.2, 0) is 13.6 Å². The third kappa shape index (κ3) is 7.59. The lowest BCUT2D eigenvalue weighted by molar-refractivity contribution is 0.155. The zero-order valence-electron chi connectivity index (χ0n) is 13.7. The van der Waals surface area contributed by atoms with Crippen molar-refractivity contribution in [2.24, 2.45) is 0 Å². The number of halogens is 1. The van der Waals surface area contributed by atoms with Gasteiger partial charge in [-0.1, -0.05) is 24.3 Å². The molecule has 0 bridgehead atoms. The van der Waals surface area contributed by atoms with Crippen molar-refractivity contribution in [2.75, 3.05) is 0 Å². The molecule has 124 valence electrons. The summed E-state index contributed by atoms with van der Waals surface area (Å²) in [6.45, 7) is 6.03. The zero-order valence-corrected chi connectivity index (χ0v) is 15.4. The quantitative estimate of drug-likeness (QED) is 0.547. The third-order valence-corrected chi connectivity index (χ3v) is 6.80. The SMILES string of the molecule is CC(C)OP(=O)(OC(C)C)SC(C)/C=C/c1ccc(F)cc1. The Bertz CT molecular complexity index is 515. The van der Waals surface area contributed by atoms with Gasteiger partial charge in [-0.15, -0.1) is 0 Å². The van der Waals surface area contributed by atoms with Crippen LogP contribution in [-0.4, -0.2) is 17.5 Å². The molecule has 3 nitrogen and oxygen atoms in total. The molecule has 0 amide bonds. The van der Waals surface area contributed by atoms with E-state index in [1.807, 2.05) is 46.8 Å². The minimum absolute atomic E-state index is 0.0617. The molecule has 1 aromatic carbocycles. The molecule has 0 saturated carbocycles. The highest BCUT2D eigenvalue weighted by molar-refractivity contribution is 8.55. The Morgan fingerprint density at radius 1 is 1.05 bits per heavy atom. The molecule has 6 heteroatoms. The second kappa shape index (κ2) is 8.88. The Labute approximate surface area is 136 Å². The maximum atomic E-state index is 12.9. The molecule has 0 aromatic heterocycles. The van der Waals surface area contributed by atoms with Crippen molar-refractivity contribution in [3.63, 3.8) is 0 Å². The lowest BCUT2D eigenvalue weighted by Gasteiger charge is -2.23. The fourth-order valence-electron chi connectivity index (χ4n) is 1.65. The van der Waals surface area contributed by atoms with E-state index in [4.69, 9.17) is 9.05 Å². The lowest BCUT2D eigenvalue weighted by atomic mass is 10.2. The Morgan fingerprint density at radius 2 is 1.55 bits per heavy atom. The molecule has 1 atom stereocenters. The van der Waals surface area contributed by atoms with Gasteiger partial charge in [0, 0.05) is 5.25 Å². The highest BCUT2D eigenvalue weighted by Crippen LogP contribution is 2.63. The Balaban J connectivity index is 2.71. The average molecular weight is 346 g/mol. The van der Waals surface area contributed by atoms with Crippen LogP contribution in [0.4, 0.5) is 4.39 Å². The van der Waals surface area contributed by atoms with Gasteiger partial charge in [-0.05, 0) is 63.7 Å². The van der Waals surface area contributed by atoms with Crippen molar-refractivity contribution in [1.82, 2.24) is 0 Å². The van der Waals surface area contributed by atoms with E-state index in [9.17, 15) is 8.96 Å². The fourth-order valence-corrected chi connectivity index (χ4v) is 6.15. The molecular weight excluding hydrogens is 322 g/mol. The van der Waals surface area contributed by atoms with Crippen LogP contribution < -0.4 is 0 Å². The molecule has 0 spiro atoms. The molecule has 0 N–H and O–H groups in total. The molecule has 1 aromatic rings. The van der Waals surface area contributed by atoms with Gasteiger partial charge in [-0.25, -0.2) is 8.96 Å². The monoisotopic (exact) mass is 346 g/mol. The predicted octanol–water partition coefficient (Wildman–Crippen LogP) is 5.92. The first-order valence-electron chi connectivity index (χ1n) is 7.29. The van der Waals surface area contributed by atoms with Gasteiger partial charge >= 0.3 is 6.80 Å². The molecule has 22 heavy (non-hydrogen) atoms. The second-order valence-electron chi connectivity index (χ2n) is 5.48. The van der Waals surface area contributed by atoms with Gasteiger partial charge in [0.1, 0.15) is 5.82 Å². The summed E-state index contributed by atoms with van der Waals surface area (Å²) in [5.41, 5.74) is 0.887. The summed E-state index contributed by atoms with van der Waals surface area (Å²) in [6.07, 6.45) is 3.42. The highest BCUT2D eigenvalue weighted by Gasteiger charge is 2.30. The standard InChI is InChI=1S/C16H24FO3PS/c1-12(2)19-21(18,20-13(3)4)22-14(5)6-7-15-8-10-16(17)11-9-15/h6-14H,1-5H3/b7-6+. The second-order valence-corrected chi connectivity index (χ2v) is 9.72. The van der Waals surface area contributed by atoms with Crippen molar-refractivity contribution in [3.05, 3.63) is 41.7 Å². The Kier molecular flexibility index (Phi) is 7.84. The molecular formula is C16H24FO3PS. The summed E-state index contributed by atoms with van der Waals surface area (Å²) in [4.78, 5) is 0. The van der Waals surface area contributed by atoms with Gasteiger partial charge in [0.05, 0.1) is 12.2 Å². The first-order valence-corrected chi connectivity index (χ1v) is 10.3. The summed E-state index contributed by atoms with van der Waals surface area (Å²) in [5, 5.41) is -0.0617. The van der Waals surface area contributed by atoms with Crippen LogP contribution in [0.5, 0.6) is 0 Å². The largest absolute Gasteiger partial charge is 0.390 e. The molecule has 0 aliphatic rings. The molecule has 0 aliphatic heterocycles. The average Bonchev–Trinajstić information content (AvgIpc) is 2.35. The first kappa shape index (κ1) is 19.4. The molecule has 0 aliphatic carbocycles. The van der Waals surface area contributed by atoms with Crippen LogP contribution >= 0.6 is 18.2 Å². The Hall–Kier alpha value is -0.610. The van der Waals surface area contributed by atoms with Crippen LogP contribution in [0.3, 0.4) is 0 Å². The van der Waals surface area contributed by atoms with Crippen LogP contribution in [0.2, 0.25) is 0 Å². The van der Waals surface area contributed by atoms with Crippen LogP contribution in [0.15, 0.2) is 30.3 Å². The maximum absolute atomic E-state index is 12.9. The van der Waals surface area contributed by atoms with Crippen molar-refractivity contribution < 1.29 is 18.0 Å². The normalized spacial score (nSPS) is 14.2. The predicted molar refractivity (Wildman–Crippen MR) is 92.5 cm³/mol. The molecule has 0 saturated heterocycles. The zero-order chi connectivity index (χ0) is 16.8. The van der Waals surface area contributed by atoms with Crippen LogP contribution in [0.1, 0.15) is 40.2 Å². The number of hydrogen-bond acceptors (Lipinski definition) is 4. The number of benzene rings is 1. The van der Waals surface area contributed by atoms with Gasteiger partial charge in [0.15, 0.2) is 0 Å². The van der Waals surface area contributed by atoms with E-state index in [1.165, 1.54) is 23.5 Å². The number of hydrogen-bond donors (Lipinski definition) is 0. The fraction of sp³-hybridized carbons (Fsp3) is 0.500. The summed E-state index contributed by atoms with van der Waals surface area (Å²) < 4.78 is 36.6. The van der Waals surface area contributed by atoms with E-state index < -0.39 is 6.80 Å². The van der Waals surface area contributed by atoms with Gasteiger partial charge < -0.3 is 0 Å². The third-order valence-electron chi connectivity index (χ3n) is 2.40. The van der Waals surface area contributed by atoms with Gasteiger partial charge in [0.2, 0.25) is 0 Å². The van der Waals surface area contributed by atoms with Gasteiger partial charge in [-0.2, -0.15) is 0 Å². The van der Waals surface area contributed by atoms with Gasteiger partial charge in [0.25, 0.3) is 0 Å². The van der Waals surface area contributed by atoms with E-state index in [2.05, 4.69) is 0 Å². The first-order chi connectivity index (χ1) is 10.2. The van der Waals surface area contributed by atoms with Crippen LogP contribution in [0.25, 0.3) is 6.08 Å². The minimum atomic E-state index is -3.21. The molecule has 1 unspecified atom stereocenters. The lowest BCUT2D eigenvalue weighted by Crippen LogP contribution is -2.07. The van der Waals surface area contributed by atoms with Crippen molar-refractivity contribution in [2.45, 2.75) is 52.1 Å². The summed E-state index contributed by atoms with van der Waals surface area (Å²) in [6, 6.07) is 6.20. The summed E-state index contributed by atoms with van der Waals surface area (Å²) in [5.74, 6) is -0.264. The smallest absolute Gasteiger partial charge is 0.298 e. The van der Waals surface area contributed by atoms with Crippen molar-refractivity contribution in [3.8, 4) is 0 Å². The maximum Gasteiger partial charge on any atom is 0.390 e. The molecule has 0 radical (unpaired) electrons. The van der Waals surface area contributed by atoms with E-state index in [-0.39, 0.29) is 23.3 Å². The molecule has 0 heterocycles. The van der Waals surface area contributed by atoms with Crippen LogP contribution in [0, 0.1) is 5.82 Å². The molecule has 1 rings (SSSR count). The summed E-state index contributed by atoms with van der Waals surface area (Å²) >= 11 is 1.18. The van der Waals surface area contributed by atoms with E-state index >= 15 is 0 Å². The summed E-state index contributed by atoms with van der Waals surface area (Å²) in [7, 11) is 0. The van der Waals surface area contributed by atoms with Crippen molar-refractivity contribution >= 4 is 24.3 Å². The topological polar surface area (TPSA) is 35.5 Å². The minimum Gasteiger partial charge on any atom is -0.298 e. The van der Waals surface area contributed by atoms with Crippen molar-refractivity contribution in [1.29, 1.82) is 0 Å².